The fourth-order valence-corrected chi connectivity index (χ4v) is 2.99. The van der Waals surface area contributed by atoms with Crippen LogP contribution in [0.4, 0.5) is 5.69 Å². The molecule has 150 valence electrons. The number of carbonyl (C=O) groups is 1. The number of benzene rings is 2. The second-order valence-corrected chi connectivity index (χ2v) is 6.84. The Hall–Kier alpha value is -2.51. The number of hydrogen-bond acceptors (Lipinski definition) is 4. The maximum Gasteiger partial charge on any atom is 0.269 e. The highest BCUT2D eigenvalue weighted by Gasteiger charge is 2.15. The molecule has 0 aliphatic heterocycles. The van der Waals surface area contributed by atoms with E-state index in [0.717, 1.165) is 12.1 Å². The first kappa shape index (κ1) is 21.8. The lowest BCUT2D eigenvalue weighted by atomic mass is 10.1. The third-order valence-electron chi connectivity index (χ3n) is 4.02. The van der Waals surface area contributed by atoms with E-state index in [4.69, 9.17) is 33.3 Å². The fourth-order valence-electron chi connectivity index (χ4n) is 2.53. The Balaban J connectivity index is 1.92. The van der Waals surface area contributed by atoms with E-state index in [-0.39, 0.29) is 10.1 Å². The van der Waals surface area contributed by atoms with Gasteiger partial charge in [-0.1, -0.05) is 37.1 Å². The van der Waals surface area contributed by atoms with Gasteiger partial charge in [0.25, 0.3) is 5.91 Å². The predicted molar refractivity (Wildman–Crippen MR) is 116 cm³/mol. The molecule has 0 unspecified atom stereocenters. The van der Waals surface area contributed by atoms with Gasteiger partial charge in [-0.05, 0) is 54.9 Å². The van der Waals surface area contributed by atoms with Gasteiger partial charge in [0.2, 0.25) is 0 Å². The number of anilines is 1. The molecule has 0 saturated carbocycles. The van der Waals surface area contributed by atoms with Crippen LogP contribution in [0.3, 0.4) is 0 Å². The molecular formula is C20H24ClN3O3S. The van der Waals surface area contributed by atoms with E-state index in [1.165, 1.54) is 44.8 Å². The highest BCUT2D eigenvalue weighted by molar-refractivity contribution is 7.80. The van der Waals surface area contributed by atoms with Crippen LogP contribution in [0, 0.1) is 0 Å². The molecule has 0 bridgehead atoms. The van der Waals surface area contributed by atoms with Crippen LogP contribution in [0.1, 0.15) is 35.7 Å². The SMILES string of the molecule is CCCCc1ccc(NC(=S)NNC(=O)c2cc(Cl)c(OC)c(OC)c2)cc1. The number of methoxy groups -OCH3 is 2. The van der Waals surface area contributed by atoms with Gasteiger partial charge in [-0.15, -0.1) is 0 Å². The zero-order valence-corrected chi connectivity index (χ0v) is 17.7. The number of aryl methyl sites for hydroxylation is 1. The van der Waals surface area contributed by atoms with Crippen LogP contribution in [0.25, 0.3) is 0 Å². The minimum Gasteiger partial charge on any atom is -0.493 e. The molecule has 0 radical (unpaired) electrons. The zero-order chi connectivity index (χ0) is 20.5. The van der Waals surface area contributed by atoms with Crippen LogP contribution in [0.2, 0.25) is 5.02 Å². The molecule has 0 aromatic heterocycles. The maximum absolute atomic E-state index is 12.4. The van der Waals surface area contributed by atoms with Crippen molar-refractivity contribution in [3.05, 3.63) is 52.5 Å². The molecule has 2 aromatic carbocycles. The molecule has 0 saturated heterocycles. The minimum absolute atomic E-state index is 0.265. The number of amides is 1. The smallest absolute Gasteiger partial charge is 0.269 e. The van der Waals surface area contributed by atoms with Crippen LogP contribution in [0.15, 0.2) is 36.4 Å². The summed E-state index contributed by atoms with van der Waals surface area (Å²) in [5, 5.41) is 3.56. The number of halogens is 1. The normalized spacial score (nSPS) is 10.1. The lowest BCUT2D eigenvalue weighted by molar-refractivity contribution is 0.0943. The number of carbonyl (C=O) groups excluding carboxylic acids is 1. The van der Waals surface area contributed by atoms with Gasteiger partial charge in [0.1, 0.15) is 0 Å². The van der Waals surface area contributed by atoms with Crippen molar-refractivity contribution in [3.63, 3.8) is 0 Å². The Morgan fingerprint density at radius 2 is 1.82 bits per heavy atom. The lowest BCUT2D eigenvalue weighted by Gasteiger charge is -2.14. The monoisotopic (exact) mass is 421 g/mol. The van der Waals surface area contributed by atoms with Crippen LogP contribution < -0.4 is 25.6 Å². The number of rotatable bonds is 7. The van der Waals surface area contributed by atoms with E-state index < -0.39 is 5.91 Å². The number of hydrazine groups is 1. The average Bonchev–Trinajstić information content (AvgIpc) is 2.70. The summed E-state index contributed by atoms with van der Waals surface area (Å²) in [5.41, 5.74) is 7.62. The number of unbranched alkanes of at least 4 members (excludes halogenated alkanes) is 1. The topological polar surface area (TPSA) is 71.6 Å². The number of hydrogen-bond donors (Lipinski definition) is 3. The summed E-state index contributed by atoms with van der Waals surface area (Å²) in [6.07, 6.45) is 3.39. The molecule has 2 aromatic rings. The molecule has 1 amide bonds. The molecule has 0 aliphatic carbocycles. The van der Waals surface area contributed by atoms with E-state index in [0.29, 0.717) is 17.1 Å². The third kappa shape index (κ3) is 6.00. The van der Waals surface area contributed by atoms with Crippen molar-refractivity contribution >= 4 is 40.5 Å². The van der Waals surface area contributed by atoms with Crippen LogP contribution in [-0.2, 0) is 6.42 Å². The predicted octanol–water partition coefficient (Wildman–Crippen LogP) is 4.33. The molecule has 2 rings (SSSR count). The van der Waals surface area contributed by atoms with Crippen molar-refractivity contribution in [2.45, 2.75) is 26.2 Å². The van der Waals surface area contributed by atoms with Crippen molar-refractivity contribution in [1.29, 1.82) is 0 Å². The molecular weight excluding hydrogens is 398 g/mol. The lowest BCUT2D eigenvalue weighted by Crippen LogP contribution is -2.43. The second-order valence-electron chi connectivity index (χ2n) is 6.03. The largest absolute Gasteiger partial charge is 0.493 e. The first-order chi connectivity index (χ1) is 13.5. The van der Waals surface area contributed by atoms with Gasteiger partial charge >= 0.3 is 0 Å². The van der Waals surface area contributed by atoms with Crippen LogP contribution >= 0.6 is 23.8 Å². The standard InChI is InChI=1S/C20H24ClN3O3S/c1-4-5-6-13-7-9-15(10-8-13)22-20(28)24-23-19(25)14-11-16(21)18(27-3)17(12-14)26-2/h7-12H,4-6H2,1-3H3,(H,23,25)(H2,22,24,28). The summed E-state index contributed by atoms with van der Waals surface area (Å²) in [5.74, 6) is 0.319. The molecule has 0 fully saturated rings. The van der Waals surface area contributed by atoms with Gasteiger partial charge in [-0.2, -0.15) is 0 Å². The Bertz CT molecular complexity index is 828. The van der Waals surface area contributed by atoms with E-state index in [1.54, 1.807) is 0 Å². The zero-order valence-electron chi connectivity index (χ0n) is 16.1. The van der Waals surface area contributed by atoms with Gasteiger partial charge in [-0.3, -0.25) is 15.6 Å². The van der Waals surface area contributed by atoms with E-state index in [2.05, 4.69) is 35.2 Å². The van der Waals surface area contributed by atoms with Crippen molar-refractivity contribution in [2.24, 2.45) is 0 Å². The summed E-state index contributed by atoms with van der Waals surface area (Å²) in [4.78, 5) is 12.4. The molecule has 28 heavy (non-hydrogen) atoms. The minimum atomic E-state index is -0.415. The molecule has 0 aliphatic rings. The van der Waals surface area contributed by atoms with E-state index in [9.17, 15) is 4.79 Å². The highest BCUT2D eigenvalue weighted by atomic mass is 35.5. The summed E-state index contributed by atoms with van der Waals surface area (Å²) < 4.78 is 10.4. The quantitative estimate of drug-likeness (QED) is 0.456. The summed E-state index contributed by atoms with van der Waals surface area (Å²) in [7, 11) is 2.95. The number of nitrogens with one attached hydrogen (secondary N) is 3. The second kappa shape index (κ2) is 10.7. The maximum atomic E-state index is 12.4. The third-order valence-corrected chi connectivity index (χ3v) is 4.50. The molecule has 0 spiro atoms. The Morgan fingerprint density at radius 3 is 2.43 bits per heavy atom. The van der Waals surface area contributed by atoms with E-state index in [1.807, 2.05) is 12.1 Å². The fraction of sp³-hybridized carbons (Fsp3) is 0.300. The average molecular weight is 422 g/mol. The Morgan fingerprint density at radius 1 is 1.11 bits per heavy atom. The Labute approximate surface area is 175 Å². The molecule has 0 heterocycles. The molecule has 3 N–H and O–H groups in total. The number of thiocarbonyl (C=S) groups is 1. The van der Waals surface area contributed by atoms with Gasteiger partial charge in [0, 0.05) is 11.3 Å². The van der Waals surface area contributed by atoms with Crippen molar-refractivity contribution in [1.82, 2.24) is 10.9 Å². The molecule has 8 heteroatoms. The first-order valence-corrected chi connectivity index (χ1v) is 9.64. The van der Waals surface area contributed by atoms with Crippen molar-refractivity contribution < 1.29 is 14.3 Å². The number of ether oxygens (including phenoxy) is 2. The molecule has 0 atom stereocenters. The van der Waals surface area contributed by atoms with Gasteiger partial charge in [0.05, 0.1) is 19.2 Å². The molecule has 6 nitrogen and oxygen atoms in total. The van der Waals surface area contributed by atoms with E-state index >= 15 is 0 Å². The van der Waals surface area contributed by atoms with Crippen molar-refractivity contribution in [3.8, 4) is 11.5 Å². The summed E-state index contributed by atoms with van der Waals surface area (Å²) >= 11 is 11.3. The highest BCUT2D eigenvalue weighted by Crippen LogP contribution is 2.35. The van der Waals surface area contributed by atoms with Crippen LogP contribution in [0.5, 0.6) is 11.5 Å². The van der Waals surface area contributed by atoms with Gasteiger partial charge in [0.15, 0.2) is 16.6 Å². The summed E-state index contributed by atoms with van der Waals surface area (Å²) in [6.45, 7) is 2.17. The first-order valence-electron chi connectivity index (χ1n) is 8.86. The van der Waals surface area contributed by atoms with Crippen molar-refractivity contribution in [2.75, 3.05) is 19.5 Å². The van der Waals surface area contributed by atoms with Gasteiger partial charge in [-0.25, -0.2) is 0 Å². The Kier molecular flexibility index (Phi) is 8.35. The van der Waals surface area contributed by atoms with Gasteiger partial charge < -0.3 is 14.8 Å². The van der Waals surface area contributed by atoms with Crippen LogP contribution in [-0.4, -0.2) is 25.2 Å². The summed E-state index contributed by atoms with van der Waals surface area (Å²) in [6, 6.07) is 11.1.